The Morgan fingerprint density at radius 1 is 1.04 bits per heavy atom. The first-order valence-electron chi connectivity index (χ1n) is 9.42. The number of carbonyl (C=O) groups excluding carboxylic acids is 2. The van der Waals surface area contributed by atoms with Crippen LogP contribution in [-0.2, 0) is 6.54 Å². The molecule has 0 aliphatic carbocycles. The standard InChI is InChI=1S/C21H21FN4O2/c22-16-9-7-15(8-10-16)14-23-20(27)19-24-18(17-6-2-5-13-26(17)19)21(28)25-11-3-1-4-12-25/h2,5-10,13H,1,3-4,11-12,14H2,(H,23,27). The minimum atomic E-state index is -0.386. The van der Waals surface area contributed by atoms with Gasteiger partial charge < -0.3 is 10.2 Å². The van der Waals surface area contributed by atoms with Crippen LogP contribution in [0.25, 0.3) is 5.52 Å². The molecule has 6 nitrogen and oxygen atoms in total. The van der Waals surface area contributed by atoms with Crippen molar-refractivity contribution in [3.8, 4) is 0 Å². The molecular weight excluding hydrogens is 359 g/mol. The topological polar surface area (TPSA) is 66.7 Å². The highest BCUT2D eigenvalue weighted by Crippen LogP contribution is 2.18. The van der Waals surface area contributed by atoms with E-state index in [0.29, 0.717) is 11.2 Å². The molecule has 2 aromatic heterocycles. The van der Waals surface area contributed by atoms with Gasteiger partial charge in [0.15, 0.2) is 5.69 Å². The summed E-state index contributed by atoms with van der Waals surface area (Å²) < 4.78 is 14.7. The highest BCUT2D eigenvalue weighted by Gasteiger charge is 2.25. The number of aromatic nitrogens is 2. The van der Waals surface area contributed by atoms with Gasteiger partial charge in [-0.15, -0.1) is 0 Å². The fraction of sp³-hybridized carbons (Fsp3) is 0.286. The van der Waals surface area contributed by atoms with Gasteiger partial charge in [0, 0.05) is 25.8 Å². The second-order valence-electron chi connectivity index (χ2n) is 6.90. The van der Waals surface area contributed by atoms with E-state index in [1.54, 1.807) is 39.8 Å². The number of fused-ring (bicyclic) bond motifs is 1. The van der Waals surface area contributed by atoms with Crippen molar-refractivity contribution in [1.29, 1.82) is 0 Å². The van der Waals surface area contributed by atoms with E-state index in [-0.39, 0.29) is 30.0 Å². The van der Waals surface area contributed by atoms with Crippen molar-refractivity contribution < 1.29 is 14.0 Å². The highest BCUT2D eigenvalue weighted by molar-refractivity contribution is 6.02. The summed E-state index contributed by atoms with van der Waals surface area (Å²) in [5, 5.41) is 2.79. The molecule has 0 saturated carbocycles. The molecule has 0 atom stereocenters. The zero-order valence-corrected chi connectivity index (χ0v) is 15.4. The maximum Gasteiger partial charge on any atom is 0.287 e. The van der Waals surface area contributed by atoms with Gasteiger partial charge in [-0.2, -0.15) is 0 Å². The van der Waals surface area contributed by atoms with Gasteiger partial charge >= 0.3 is 0 Å². The van der Waals surface area contributed by atoms with Crippen LogP contribution in [0.1, 0.15) is 45.9 Å². The summed E-state index contributed by atoms with van der Waals surface area (Å²) in [4.78, 5) is 31.9. The average molecular weight is 380 g/mol. The number of nitrogens with one attached hydrogen (secondary N) is 1. The summed E-state index contributed by atoms with van der Waals surface area (Å²) in [7, 11) is 0. The van der Waals surface area contributed by atoms with Gasteiger partial charge in [-0.25, -0.2) is 9.37 Å². The summed E-state index contributed by atoms with van der Waals surface area (Å²) in [5.74, 6) is -0.683. The zero-order valence-electron chi connectivity index (χ0n) is 15.4. The Bertz CT molecular complexity index is 1010. The van der Waals surface area contributed by atoms with Gasteiger partial charge in [-0.05, 0) is 49.1 Å². The number of likely N-dealkylation sites (tertiary alicyclic amines) is 1. The average Bonchev–Trinajstić information content (AvgIpc) is 3.13. The normalized spacial score (nSPS) is 14.2. The Labute approximate surface area is 162 Å². The van der Waals surface area contributed by atoms with Gasteiger partial charge in [0.1, 0.15) is 5.82 Å². The third kappa shape index (κ3) is 3.60. The van der Waals surface area contributed by atoms with Crippen LogP contribution in [0.5, 0.6) is 0 Å². The van der Waals surface area contributed by atoms with Gasteiger partial charge in [-0.3, -0.25) is 14.0 Å². The molecule has 1 aromatic carbocycles. The molecule has 0 spiro atoms. The molecule has 4 rings (SSSR count). The second kappa shape index (κ2) is 7.80. The Balaban J connectivity index is 1.59. The number of pyridine rings is 1. The molecule has 0 unspecified atom stereocenters. The van der Waals surface area contributed by atoms with Crippen molar-refractivity contribution in [2.24, 2.45) is 0 Å². The lowest BCUT2D eigenvalue weighted by molar-refractivity contribution is 0.0721. The van der Waals surface area contributed by atoms with E-state index >= 15 is 0 Å². The van der Waals surface area contributed by atoms with Crippen LogP contribution in [0.3, 0.4) is 0 Å². The van der Waals surface area contributed by atoms with Crippen LogP contribution in [0.15, 0.2) is 48.7 Å². The predicted molar refractivity (Wildman–Crippen MR) is 103 cm³/mol. The maximum absolute atomic E-state index is 13.0. The van der Waals surface area contributed by atoms with Crippen LogP contribution in [-0.4, -0.2) is 39.2 Å². The number of amides is 2. The smallest absolute Gasteiger partial charge is 0.287 e. The van der Waals surface area contributed by atoms with E-state index < -0.39 is 0 Å². The van der Waals surface area contributed by atoms with Gasteiger partial charge in [0.2, 0.25) is 5.82 Å². The highest BCUT2D eigenvalue weighted by atomic mass is 19.1. The molecule has 1 aliphatic heterocycles. The molecule has 1 saturated heterocycles. The lowest BCUT2D eigenvalue weighted by Crippen LogP contribution is -2.36. The van der Waals surface area contributed by atoms with E-state index in [4.69, 9.17) is 0 Å². The van der Waals surface area contributed by atoms with Gasteiger partial charge in [-0.1, -0.05) is 18.2 Å². The molecule has 3 aromatic rings. The fourth-order valence-corrected chi connectivity index (χ4v) is 3.47. The van der Waals surface area contributed by atoms with Crippen molar-refractivity contribution in [1.82, 2.24) is 19.6 Å². The van der Waals surface area contributed by atoms with Gasteiger partial charge in [0.05, 0.1) is 5.52 Å². The van der Waals surface area contributed by atoms with Crippen molar-refractivity contribution in [2.45, 2.75) is 25.8 Å². The minimum Gasteiger partial charge on any atom is -0.345 e. The number of carbonyl (C=O) groups is 2. The molecule has 7 heteroatoms. The number of nitrogens with zero attached hydrogens (tertiary/aromatic N) is 3. The number of benzene rings is 1. The first-order chi connectivity index (χ1) is 13.6. The van der Waals surface area contributed by atoms with Crippen molar-refractivity contribution in [2.75, 3.05) is 13.1 Å². The second-order valence-corrected chi connectivity index (χ2v) is 6.90. The lowest BCUT2D eigenvalue weighted by atomic mass is 10.1. The van der Waals surface area contributed by atoms with Crippen molar-refractivity contribution >= 4 is 17.3 Å². The quantitative estimate of drug-likeness (QED) is 0.757. The molecule has 3 heterocycles. The molecule has 1 N–H and O–H groups in total. The number of hydrogen-bond donors (Lipinski definition) is 1. The van der Waals surface area contributed by atoms with Crippen LogP contribution in [0.4, 0.5) is 4.39 Å². The molecule has 144 valence electrons. The first-order valence-corrected chi connectivity index (χ1v) is 9.42. The first kappa shape index (κ1) is 18.2. The van der Waals surface area contributed by atoms with E-state index in [1.165, 1.54) is 12.1 Å². The van der Waals surface area contributed by atoms with Crippen LogP contribution in [0, 0.1) is 5.82 Å². The summed E-state index contributed by atoms with van der Waals surface area (Å²) in [5.41, 5.74) is 1.69. The SMILES string of the molecule is O=C(NCc1ccc(F)cc1)c1nc(C(=O)N2CCCCC2)c2ccccn12. The number of piperidine rings is 1. The van der Waals surface area contributed by atoms with Crippen LogP contribution < -0.4 is 5.32 Å². The van der Waals surface area contributed by atoms with Crippen LogP contribution in [0.2, 0.25) is 0 Å². The van der Waals surface area contributed by atoms with E-state index in [0.717, 1.165) is 37.9 Å². The fourth-order valence-electron chi connectivity index (χ4n) is 3.47. The van der Waals surface area contributed by atoms with E-state index in [1.807, 2.05) is 6.07 Å². The third-order valence-electron chi connectivity index (χ3n) is 4.96. The van der Waals surface area contributed by atoms with Crippen LogP contribution >= 0.6 is 0 Å². The number of hydrogen-bond acceptors (Lipinski definition) is 3. The Morgan fingerprint density at radius 2 is 1.79 bits per heavy atom. The Kier molecular flexibility index (Phi) is 5.06. The van der Waals surface area contributed by atoms with E-state index in [2.05, 4.69) is 10.3 Å². The van der Waals surface area contributed by atoms with Gasteiger partial charge in [0.25, 0.3) is 11.8 Å². The minimum absolute atomic E-state index is 0.138. The zero-order chi connectivity index (χ0) is 19.5. The van der Waals surface area contributed by atoms with Crippen molar-refractivity contribution in [3.05, 3.63) is 71.6 Å². The lowest BCUT2D eigenvalue weighted by Gasteiger charge is -2.25. The molecular formula is C21H21FN4O2. The number of rotatable bonds is 4. The van der Waals surface area contributed by atoms with E-state index in [9.17, 15) is 14.0 Å². The molecule has 28 heavy (non-hydrogen) atoms. The predicted octanol–water partition coefficient (Wildman–Crippen LogP) is 3.03. The summed E-state index contributed by atoms with van der Waals surface area (Å²) in [6, 6.07) is 11.3. The molecule has 0 bridgehead atoms. The molecule has 0 radical (unpaired) electrons. The number of halogens is 1. The van der Waals surface area contributed by atoms with Crippen molar-refractivity contribution in [3.63, 3.8) is 0 Å². The summed E-state index contributed by atoms with van der Waals surface area (Å²) in [6.07, 6.45) is 4.83. The third-order valence-corrected chi connectivity index (χ3v) is 4.96. The molecule has 1 aliphatic rings. The summed E-state index contributed by atoms with van der Waals surface area (Å²) >= 11 is 0. The molecule has 1 fully saturated rings. The largest absolute Gasteiger partial charge is 0.345 e. The summed E-state index contributed by atoms with van der Waals surface area (Å²) in [6.45, 7) is 1.68. The molecule has 2 amide bonds. The number of imidazole rings is 1. The Morgan fingerprint density at radius 3 is 2.54 bits per heavy atom. The monoisotopic (exact) mass is 380 g/mol. The maximum atomic E-state index is 13.0. The Hall–Kier alpha value is -3.22.